The van der Waals surface area contributed by atoms with Crippen LogP contribution in [-0.4, -0.2) is 28.0 Å². The highest BCUT2D eigenvalue weighted by atomic mass is 15.3. The lowest BCUT2D eigenvalue weighted by Crippen LogP contribution is -2.33. The Hall–Kier alpha value is -1.55. The summed E-state index contributed by atoms with van der Waals surface area (Å²) in [5.41, 5.74) is 8.38. The molecule has 2 aliphatic rings. The van der Waals surface area contributed by atoms with Gasteiger partial charge in [-0.15, -0.1) is 0 Å². The van der Waals surface area contributed by atoms with Crippen molar-refractivity contribution in [1.29, 1.82) is 0 Å². The first kappa shape index (κ1) is 12.2. The van der Waals surface area contributed by atoms with Crippen LogP contribution in [0.4, 0.5) is 5.82 Å². The van der Waals surface area contributed by atoms with Crippen LogP contribution in [-0.2, 0) is 6.42 Å². The van der Waals surface area contributed by atoms with Crippen LogP contribution in [0.3, 0.4) is 0 Å². The van der Waals surface area contributed by atoms with Crippen molar-refractivity contribution in [3.63, 3.8) is 0 Å². The monoisotopic (exact) mass is 270 g/mol. The Morgan fingerprint density at radius 2 is 2.30 bits per heavy atom. The number of nitrogens with two attached hydrogens (primary N) is 1. The molecule has 3 heterocycles. The molecule has 2 aromatic heterocycles. The first-order valence-corrected chi connectivity index (χ1v) is 7.70. The lowest BCUT2D eigenvalue weighted by Gasteiger charge is -2.28. The molecular formula is C16H22N4. The fraction of sp³-hybridized carbons (Fsp3) is 0.562. The maximum absolute atomic E-state index is 6.06. The number of hydrogen-bond acceptors (Lipinski definition) is 3. The topological polar surface area (TPSA) is 46.6 Å². The third-order valence-electron chi connectivity index (χ3n) is 4.80. The van der Waals surface area contributed by atoms with Crippen molar-refractivity contribution in [2.75, 3.05) is 11.4 Å². The van der Waals surface area contributed by atoms with Gasteiger partial charge < -0.3 is 15.0 Å². The number of aromatic nitrogens is 2. The Morgan fingerprint density at radius 1 is 1.40 bits per heavy atom. The molecular weight excluding hydrogens is 248 g/mol. The van der Waals surface area contributed by atoms with Crippen molar-refractivity contribution in [2.45, 2.75) is 44.7 Å². The highest BCUT2D eigenvalue weighted by Crippen LogP contribution is 2.41. The Labute approximate surface area is 119 Å². The van der Waals surface area contributed by atoms with Gasteiger partial charge in [0.15, 0.2) is 5.82 Å². The van der Waals surface area contributed by atoms with Crippen LogP contribution >= 0.6 is 0 Å². The molecule has 0 aromatic carbocycles. The summed E-state index contributed by atoms with van der Waals surface area (Å²) < 4.78 is 2.21. The van der Waals surface area contributed by atoms with Gasteiger partial charge in [-0.25, -0.2) is 4.98 Å². The van der Waals surface area contributed by atoms with Crippen LogP contribution in [0.5, 0.6) is 0 Å². The summed E-state index contributed by atoms with van der Waals surface area (Å²) in [7, 11) is 0. The van der Waals surface area contributed by atoms with Crippen LogP contribution < -0.4 is 10.6 Å². The lowest BCUT2D eigenvalue weighted by molar-refractivity contribution is 0.549. The van der Waals surface area contributed by atoms with Crippen molar-refractivity contribution in [1.82, 2.24) is 9.38 Å². The average molecular weight is 270 g/mol. The van der Waals surface area contributed by atoms with Crippen molar-refractivity contribution in [3.8, 4) is 0 Å². The fourth-order valence-electron chi connectivity index (χ4n) is 3.94. The highest BCUT2D eigenvalue weighted by molar-refractivity contribution is 5.57. The number of nitrogens with zero attached hydrogens (tertiary/aromatic N) is 3. The molecule has 1 aliphatic heterocycles. The second kappa shape index (κ2) is 4.48. The Morgan fingerprint density at radius 3 is 3.00 bits per heavy atom. The highest BCUT2D eigenvalue weighted by Gasteiger charge is 2.39. The Kier molecular flexibility index (Phi) is 2.74. The molecule has 2 bridgehead atoms. The van der Waals surface area contributed by atoms with Gasteiger partial charge >= 0.3 is 0 Å². The van der Waals surface area contributed by atoms with Crippen molar-refractivity contribution in [3.05, 3.63) is 30.1 Å². The largest absolute Gasteiger partial charge is 0.352 e. The van der Waals surface area contributed by atoms with Gasteiger partial charge in [0.1, 0.15) is 5.65 Å². The normalized spacial score (nSPS) is 26.6. The molecule has 3 atom stereocenters. The van der Waals surface area contributed by atoms with Crippen molar-refractivity contribution < 1.29 is 0 Å². The smallest absolute Gasteiger partial charge is 0.151 e. The molecule has 20 heavy (non-hydrogen) atoms. The minimum Gasteiger partial charge on any atom is -0.352 e. The van der Waals surface area contributed by atoms with Crippen LogP contribution in [0.1, 0.15) is 31.9 Å². The molecule has 4 rings (SSSR count). The number of anilines is 1. The molecule has 106 valence electrons. The van der Waals surface area contributed by atoms with Gasteiger partial charge in [-0.05, 0) is 44.2 Å². The van der Waals surface area contributed by atoms with Crippen LogP contribution in [0.15, 0.2) is 24.4 Å². The minimum absolute atomic E-state index is 0.161. The first-order valence-electron chi connectivity index (χ1n) is 7.70. The summed E-state index contributed by atoms with van der Waals surface area (Å²) in [5, 5.41) is 0. The average Bonchev–Trinajstić information content (AvgIpc) is 3.12. The zero-order chi connectivity index (χ0) is 13.7. The van der Waals surface area contributed by atoms with Gasteiger partial charge in [0.2, 0.25) is 0 Å². The fourth-order valence-corrected chi connectivity index (χ4v) is 3.94. The molecule has 4 nitrogen and oxygen atoms in total. The van der Waals surface area contributed by atoms with E-state index in [9.17, 15) is 0 Å². The third-order valence-corrected chi connectivity index (χ3v) is 4.80. The van der Waals surface area contributed by atoms with Crippen LogP contribution in [0.2, 0.25) is 0 Å². The van der Waals surface area contributed by atoms with Crippen molar-refractivity contribution >= 4 is 11.5 Å². The molecule has 3 unspecified atom stereocenters. The van der Waals surface area contributed by atoms with E-state index >= 15 is 0 Å². The molecule has 2 aromatic rings. The second-order valence-electron chi connectivity index (χ2n) is 6.48. The summed E-state index contributed by atoms with van der Waals surface area (Å²) in [6, 6.07) is 7.07. The summed E-state index contributed by atoms with van der Waals surface area (Å²) in [4.78, 5) is 7.44. The van der Waals surface area contributed by atoms with E-state index in [-0.39, 0.29) is 6.04 Å². The molecule has 1 saturated heterocycles. The number of piperidine rings is 1. The minimum atomic E-state index is 0.161. The van der Waals surface area contributed by atoms with Crippen LogP contribution in [0, 0.1) is 5.92 Å². The predicted molar refractivity (Wildman–Crippen MR) is 81.0 cm³/mol. The molecule has 1 aliphatic carbocycles. The van der Waals surface area contributed by atoms with E-state index < -0.39 is 0 Å². The van der Waals surface area contributed by atoms with Gasteiger partial charge in [-0.2, -0.15) is 0 Å². The van der Waals surface area contributed by atoms with E-state index in [0.29, 0.717) is 6.04 Å². The summed E-state index contributed by atoms with van der Waals surface area (Å²) in [6.07, 6.45) is 7.07. The molecule has 0 radical (unpaired) electrons. The van der Waals surface area contributed by atoms with E-state index in [4.69, 9.17) is 10.7 Å². The van der Waals surface area contributed by atoms with E-state index in [0.717, 1.165) is 18.0 Å². The zero-order valence-electron chi connectivity index (χ0n) is 12.0. The van der Waals surface area contributed by atoms with E-state index in [1.807, 2.05) is 0 Å². The Bertz CT molecular complexity index is 630. The zero-order valence-corrected chi connectivity index (χ0v) is 12.0. The standard InChI is InChI=1S/C16H22N4/c1-11(17)8-14-16(18-15-4-2-3-7-19(14)15)20-10-12-5-6-13(20)9-12/h2-4,7,11-13H,5-6,8-10,17H2,1H3. The van der Waals surface area contributed by atoms with E-state index in [1.54, 1.807) is 0 Å². The summed E-state index contributed by atoms with van der Waals surface area (Å²) in [6.45, 7) is 3.25. The van der Waals surface area contributed by atoms with Crippen LogP contribution in [0.25, 0.3) is 5.65 Å². The lowest BCUT2D eigenvalue weighted by atomic mass is 10.1. The van der Waals surface area contributed by atoms with Gasteiger partial charge in [-0.1, -0.05) is 6.07 Å². The SMILES string of the molecule is CC(N)Cc1c(N2CC3CCC2C3)nc2ccccn12. The maximum atomic E-state index is 6.06. The molecule has 0 amide bonds. The molecule has 2 fully saturated rings. The molecule has 1 saturated carbocycles. The number of pyridine rings is 1. The predicted octanol–water partition coefficient (Wildman–Crippen LogP) is 2.21. The van der Waals surface area contributed by atoms with Gasteiger partial charge in [-0.3, -0.25) is 0 Å². The molecule has 2 N–H and O–H groups in total. The number of rotatable bonds is 3. The quantitative estimate of drug-likeness (QED) is 0.930. The number of imidazole rings is 1. The van der Waals surface area contributed by atoms with E-state index in [2.05, 4.69) is 40.6 Å². The van der Waals surface area contributed by atoms with Gasteiger partial charge in [0.25, 0.3) is 0 Å². The third kappa shape index (κ3) is 1.82. The van der Waals surface area contributed by atoms with Crippen molar-refractivity contribution in [2.24, 2.45) is 11.7 Å². The molecule has 4 heteroatoms. The van der Waals surface area contributed by atoms with Gasteiger partial charge in [0.05, 0.1) is 5.69 Å². The van der Waals surface area contributed by atoms with Gasteiger partial charge in [0, 0.05) is 31.2 Å². The summed E-state index contributed by atoms with van der Waals surface area (Å²) >= 11 is 0. The first-order chi connectivity index (χ1) is 9.72. The summed E-state index contributed by atoms with van der Waals surface area (Å²) in [5.74, 6) is 2.06. The second-order valence-corrected chi connectivity index (χ2v) is 6.48. The van der Waals surface area contributed by atoms with E-state index in [1.165, 1.54) is 37.3 Å². The Balaban J connectivity index is 1.81. The number of hydrogen-bond donors (Lipinski definition) is 1. The maximum Gasteiger partial charge on any atom is 0.151 e. The molecule has 0 spiro atoms. The number of fused-ring (bicyclic) bond motifs is 3.